The van der Waals surface area contributed by atoms with Crippen LogP contribution >= 0.6 is 8.60 Å². The van der Waals surface area contributed by atoms with Crippen LogP contribution < -0.4 is 0 Å². The third kappa shape index (κ3) is 6.05. The highest BCUT2D eigenvalue weighted by molar-refractivity contribution is 7.39. The summed E-state index contributed by atoms with van der Waals surface area (Å²) in [6.07, 6.45) is 3.47. The van der Waals surface area contributed by atoms with Crippen molar-refractivity contribution in [2.24, 2.45) is 0 Å². The Bertz CT molecular complexity index is 71.7. The van der Waals surface area contributed by atoms with Crippen LogP contribution in [0.5, 0.6) is 0 Å². The van der Waals surface area contributed by atoms with E-state index in [2.05, 4.69) is 4.52 Å². The Kier molecular flexibility index (Phi) is 5.22. The maximum atomic E-state index is 8.14. The second-order valence-corrected chi connectivity index (χ2v) is 1.88. The minimum Gasteiger partial charge on any atom is -0.328 e. The average molecular weight is 136 g/mol. The van der Waals surface area contributed by atoms with Gasteiger partial charge in [0.1, 0.15) is 0 Å². The van der Waals surface area contributed by atoms with Crippen LogP contribution in [0, 0.1) is 0 Å². The molecular weight excluding hydrogens is 127 g/mol. The summed E-state index contributed by atoms with van der Waals surface area (Å²) in [5.74, 6) is 0. The third-order valence-corrected chi connectivity index (χ3v) is 0.902. The lowest BCUT2D eigenvalue weighted by atomic mass is 10.6. The van der Waals surface area contributed by atoms with Gasteiger partial charge in [-0.15, -0.1) is 0 Å². The number of hydrogen-bond donors (Lipinski definition) is 2. The van der Waals surface area contributed by atoms with Crippen molar-refractivity contribution in [2.75, 3.05) is 6.61 Å². The molecule has 0 atom stereocenters. The summed E-state index contributed by atoms with van der Waals surface area (Å²) in [6.45, 7) is 2.11. The van der Waals surface area contributed by atoms with Gasteiger partial charge in [0.05, 0.1) is 6.61 Å². The van der Waals surface area contributed by atoms with E-state index in [0.29, 0.717) is 0 Å². The highest BCUT2D eigenvalue weighted by Gasteiger charge is 1.92. The molecule has 0 aliphatic carbocycles. The van der Waals surface area contributed by atoms with Crippen molar-refractivity contribution in [3.63, 3.8) is 0 Å². The Morgan fingerprint density at radius 1 is 1.62 bits per heavy atom. The van der Waals surface area contributed by atoms with Crippen molar-refractivity contribution < 1.29 is 14.3 Å². The maximum absolute atomic E-state index is 8.14. The molecule has 0 aromatic heterocycles. The van der Waals surface area contributed by atoms with Crippen LogP contribution in [-0.4, -0.2) is 16.4 Å². The van der Waals surface area contributed by atoms with Gasteiger partial charge in [-0.3, -0.25) is 0 Å². The summed E-state index contributed by atoms with van der Waals surface area (Å²) in [5, 5.41) is 0. The first kappa shape index (κ1) is 8.05. The summed E-state index contributed by atoms with van der Waals surface area (Å²) in [6, 6.07) is 0. The predicted octanol–water partition coefficient (Wildman–Crippen LogP) is 0.791. The molecule has 0 bridgehead atoms. The lowest BCUT2D eigenvalue weighted by Crippen LogP contribution is -1.81. The third-order valence-electron chi connectivity index (χ3n) is 0.522. The smallest absolute Gasteiger partial charge is 0.327 e. The van der Waals surface area contributed by atoms with Crippen molar-refractivity contribution >= 4 is 8.60 Å². The first-order valence-corrected chi connectivity index (χ1v) is 3.36. The molecule has 0 spiro atoms. The van der Waals surface area contributed by atoms with Crippen LogP contribution in [0.1, 0.15) is 6.92 Å². The Labute approximate surface area is 49.6 Å². The van der Waals surface area contributed by atoms with Gasteiger partial charge in [0.2, 0.25) is 0 Å². The monoisotopic (exact) mass is 136 g/mol. The molecule has 0 radical (unpaired) electrons. The van der Waals surface area contributed by atoms with Crippen LogP contribution in [0.25, 0.3) is 0 Å². The zero-order valence-electron chi connectivity index (χ0n) is 4.61. The fourth-order valence-corrected chi connectivity index (χ4v) is 0.425. The van der Waals surface area contributed by atoms with Gasteiger partial charge >= 0.3 is 8.60 Å². The number of allylic oxidation sites excluding steroid dienone is 1. The molecule has 4 heteroatoms. The minimum absolute atomic E-state index is 0.273. The van der Waals surface area contributed by atoms with Crippen LogP contribution in [-0.2, 0) is 4.52 Å². The Morgan fingerprint density at radius 3 is 2.62 bits per heavy atom. The van der Waals surface area contributed by atoms with Crippen LogP contribution in [0.4, 0.5) is 0 Å². The summed E-state index contributed by atoms with van der Waals surface area (Å²) in [5.41, 5.74) is 0. The minimum atomic E-state index is -2.16. The van der Waals surface area contributed by atoms with Gasteiger partial charge in [-0.2, -0.15) is 0 Å². The molecule has 0 rings (SSSR count). The summed E-state index contributed by atoms with van der Waals surface area (Å²) in [7, 11) is -2.16. The fourth-order valence-electron chi connectivity index (χ4n) is 0.206. The molecule has 0 aromatic carbocycles. The summed E-state index contributed by atoms with van der Waals surface area (Å²) >= 11 is 0. The molecule has 48 valence electrons. The molecule has 0 fully saturated rings. The lowest BCUT2D eigenvalue weighted by Gasteiger charge is -1.96. The van der Waals surface area contributed by atoms with E-state index in [9.17, 15) is 0 Å². The second-order valence-electron chi connectivity index (χ2n) is 1.12. The van der Waals surface area contributed by atoms with Gasteiger partial charge in [0.25, 0.3) is 0 Å². The molecule has 0 saturated carbocycles. The summed E-state index contributed by atoms with van der Waals surface area (Å²) < 4.78 is 4.37. The van der Waals surface area contributed by atoms with Gasteiger partial charge in [0, 0.05) is 0 Å². The Hall–Kier alpha value is 0.0500. The second kappa shape index (κ2) is 5.19. The molecule has 8 heavy (non-hydrogen) atoms. The van der Waals surface area contributed by atoms with Gasteiger partial charge in [-0.1, -0.05) is 12.2 Å². The SMILES string of the molecule is CC=CCOP(O)O. The van der Waals surface area contributed by atoms with Gasteiger partial charge in [-0.25, -0.2) is 0 Å². The van der Waals surface area contributed by atoms with E-state index < -0.39 is 8.60 Å². The maximum Gasteiger partial charge on any atom is 0.327 e. The highest BCUT2D eigenvalue weighted by Crippen LogP contribution is 2.23. The standard InChI is InChI=1S/C4H9O3P/c1-2-3-4-7-8(5)6/h2-3,5-6H,4H2,1H3. The fraction of sp³-hybridized carbons (Fsp3) is 0.500. The van der Waals surface area contributed by atoms with Crippen LogP contribution in [0.2, 0.25) is 0 Å². The van der Waals surface area contributed by atoms with E-state index in [4.69, 9.17) is 9.79 Å². The van der Waals surface area contributed by atoms with Crippen LogP contribution in [0.3, 0.4) is 0 Å². The number of hydrogen-bond acceptors (Lipinski definition) is 3. The van der Waals surface area contributed by atoms with E-state index in [1.807, 2.05) is 6.92 Å². The van der Waals surface area contributed by atoms with Crippen molar-refractivity contribution in [3.8, 4) is 0 Å². The molecule has 0 unspecified atom stereocenters. The molecule has 3 nitrogen and oxygen atoms in total. The van der Waals surface area contributed by atoms with Gasteiger partial charge in [0.15, 0.2) is 0 Å². The van der Waals surface area contributed by atoms with E-state index >= 15 is 0 Å². The first-order chi connectivity index (χ1) is 3.77. The topological polar surface area (TPSA) is 49.7 Å². The van der Waals surface area contributed by atoms with E-state index in [0.717, 1.165) is 0 Å². The van der Waals surface area contributed by atoms with E-state index in [1.54, 1.807) is 12.2 Å². The van der Waals surface area contributed by atoms with Crippen LogP contribution in [0.15, 0.2) is 12.2 Å². The molecule has 0 aromatic rings. The zero-order chi connectivity index (χ0) is 6.41. The molecule has 0 saturated heterocycles. The van der Waals surface area contributed by atoms with Crippen molar-refractivity contribution in [3.05, 3.63) is 12.2 Å². The average Bonchev–Trinajstić information content (AvgIpc) is 1.66. The zero-order valence-corrected chi connectivity index (χ0v) is 5.51. The lowest BCUT2D eigenvalue weighted by molar-refractivity contribution is 0.282. The predicted molar refractivity (Wildman–Crippen MR) is 32.1 cm³/mol. The first-order valence-electron chi connectivity index (χ1n) is 2.19. The van der Waals surface area contributed by atoms with Crippen molar-refractivity contribution in [2.45, 2.75) is 6.92 Å². The Balaban J connectivity index is 2.93. The molecule has 0 amide bonds. The number of rotatable bonds is 3. The van der Waals surface area contributed by atoms with E-state index in [-0.39, 0.29) is 6.61 Å². The van der Waals surface area contributed by atoms with E-state index in [1.165, 1.54) is 0 Å². The van der Waals surface area contributed by atoms with Crippen molar-refractivity contribution in [1.29, 1.82) is 0 Å². The largest absolute Gasteiger partial charge is 0.328 e. The summed E-state index contributed by atoms with van der Waals surface area (Å²) in [4.78, 5) is 16.3. The van der Waals surface area contributed by atoms with Gasteiger partial charge in [-0.05, 0) is 6.92 Å². The van der Waals surface area contributed by atoms with Crippen molar-refractivity contribution in [1.82, 2.24) is 0 Å². The Morgan fingerprint density at radius 2 is 2.25 bits per heavy atom. The molecule has 0 aliphatic rings. The van der Waals surface area contributed by atoms with Gasteiger partial charge < -0.3 is 14.3 Å². The molecular formula is C4H9O3P. The highest BCUT2D eigenvalue weighted by atomic mass is 31.2. The molecule has 0 aliphatic heterocycles. The molecule has 2 N–H and O–H groups in total. The molecule has 0 heterocycles. The normalized spacial score (nSPS) is 11.5. The quantitative estimate of drug-likeness (QED) is 0.445.